The van der Waals surface area contributed by atoms with Crippen molar-refractivity contribution in [3.63, 3.8) is 0 Å². The lowest BCUT2D eigenvalue weighted by Gasteiger charge is -2.44. The van der Waals surface area contributed by atoms with E-state index in [0.29, 0.717) is 36.6 Å². The van der Waals surface area contributed by atoms with Crippen molar-refractivity contribution >= 4 is 11.8 Å². The number of nitrogens with zero attached hydrogens (tertiary/aromatic N) is 2. The van der Waals surface area contributed by atoms with Gasteiger partial charge in [-0.25, -0.2) is 13.2 Å². The summed E-state index contributed by atoms with van der Waals surface area (Å²) in [7, 11) is 0. The molecule has 5 rings (SSSR count). The van der Waals surface area contributed by atoms with Gasteiger partial charge in [0.25, 0.3) is 5.91 Å². The van der Waals surface area contributed by atoms with E-state index in [0.717, 1.165) is 5.56 Å². The van der Waals surface area contributed by atoms with Gasteiger partial charge in [0.1, 0.15) is 35.5 Å². The Bertz CT molecular complexity index is 1300. The molecule has 1 fully saturated rings. The number of carbonyl (C=O) groups excluding carboxylic acids is 2. The summed E-state index contributed by atoms with van der Waals surface area (Å²) in [5, 5.41) is 2.52. The molecule has 2 atom stereocenters. The van der Waals surface area contributed by atoms with Gasteiger partial charge in [-0.1, -0.05) is 42.5 Å². The predicted molar refractivity (Wildman–Crippen MR) is 130 cm³/mol. The van der Waals surface area contributed by atoms with E-state index in [9.17, 15) is 22.8 Å². The van der Waals surface area contributed by atoms with Gasteiger partial charge in [0, 0.05) is 55.0 Å². The zero-order chi connectivity index (χ0) is 26.1. The minimum Gasteiger partial charge on any atom is -0.491 e. The fraction of sp³-hybridized carbons (Fsp3) is 0.286. The van der Waals surface area contributed by atoms with E-state index in [1.807, 2.05) is 49.4 Å². The zero-order valence-electron chi connectivity index (χ0n) is 20.2. The van der Waals surface area contributed by atoms with E-state index in [-0.39, 0.29) is 36.6 Å². The van der Waals surface area contributed by atoms with Crippen LogP contribution in [0.25, 0.3) is 0 Å². The van der Waals surface area contributed by atoms with Crippen LogP contribution in [0, 0.1) is 17.5 Å². The van der Waals surface area contributed by atoms with Gasteiger partial charge in [-0.3, -0.25) is 9.59 Å². The van der Waals surface area contributed by atoms with Gasteiger partial charge in [0.2, 0.25) is 5.91 Å². The van der Waals surface area contributed by atoms with Gasteiger partial charge >= 0.3 is 0 Å². The Labute approximate surface area is 212 Å². The summed E-state index contributed by atoms with van der Waals surface area (Å²) in [4.78, 5) is 30.2. The van der Waals surface area contributed by atoms with Gasteiger partial charge in [-0.15, -0.1) is 0 Å². The van der Waals surface area contributed by atoms with Crippen molar-refractivity contribution in [3.8, 4) is 0 Å². The first kappa shape index (κ1) is 24.7. The lowest BCUT2D eigenvalue weighted by molar-refractivity contribution is -0.134. The van der Waals surface area contributed by atoms with Gasteiger partial charge in [0.05, 0.1) is 6.04 Å². The van der Waals surface area contributed by atoms with Crippen LogP contribution in [0.1, 0.15) is 30.9 Å². The van der Waals surface area contributed by atoms with Crippen LogP contribution < -0.4 is 5.32 Å². The first-order chi connectivity index (χ1) is 17.8. The fourth-order valence-electron chi connectivity index (χ4n) is 4.83. The third-order valence-electron chi connectivity index (χ3n) is 6.83. The summed E-state index contributed by atoms with van der Waals surface area (Å²) < 4.78 is 47.5. The van der Waals surface area contributed by atoms with E-state index in [4.69, 9.17) is 4.74 Å². The molecule has 0 spiro atoms. The monoisotopic (exact) mass is 509 g/mol. The van der Waals surface area contributed by atoms with Crippen molar-refractivity contribution in [2.24, 2.45) is 0 Å². The van der Waals surface area contributed by atoms with E-state index >= 15 is 0 Å². The number of nitrogens with one attached hydrogen (secondary N) is 1. The van der Waals surface area contributed by atoms with E-state index < -0.39 is 35.5 Å². The van der Waals surface area contributed by atoms with Crippen LogP contribution in [0.4, 0.5) is 13.2 Å². The molecule has 2 bridgehead atoms. The maximum Gasteiger partial charge on any atom is 0.274 e. The minimum atomic E-state index is -1.08. The molecular weight excluding hydrogens is 483 g/mol. The molecule has 9 heteroatoms. The molecule has 0 aliphatic carbocycles. The molecule has 2 aromatic carbocycles. The van der Waals surface area contributed by atoms with Crippen LogP contribution in [0.15, 0.2) is 77.8 Å². The number of piperazine rings is 1. The van der Waals surface area contributed by atoms with Crippen molar-refractivity contribution in [2.75, 3.05) is 6.54 Å². The molecule has 0 saturated carbocycles. The van der Waals surface area contributed by atoms with Gasteiger partial charge in [-0.2, -0.15) is 0 Å². The topological polar surface area (TPSA) is 61.9 Å². The van der Waals surface area contributed by atoms with Gasteiger partial charge in [-0.05, 0) is 18.9 Å². The van der Waals surface area contributed by atoms with Crippen LogP contribution in [-0.2, 0) is 27.5 Å². The molecule has 6 nitrogen and oxygen atoms in total. The molecule has 3 aliphatic heterocycles. The maximum atomic E-state index is 14.1. The summed E-state index contributed by atoms with van der Waals surface area (Å²) in [6, 6.07) is 10.4. The van der Waals surface area contributed by atoms with Gasteiger partial charge in [0.15, 0.2) is 0 Å². The molecule has 0 radical (unpaired) electrons. The van der Waals surface area contributed by atoms with Gasteiger partial charge < -0.3 is 19.9 Å². The first-order valence-corrected chi connectivity index (χ1v) is 12.1. The Balaban J connectivity index is 1.42. The number of allylic oxidation sites excluding steroid dienone is 1. The maximum absolute atomic E-state index is 14.1. The number of ether oxygens (including phenoxy) is 1. The molecular formula is C28H26F3N3O3. The lowest BCUT2D eigenvalue weighted by Crippen LogP contribution is -2.55. The number of fused-ring (bicyclic) bond motifs is 4. The number of amides is 2. The van der Waals surface area contributed by atoms with Crippen molar-refractivity contribution in [1.82, 2.24) is 15.1 Å². The number of benzene rings is 2. The summed E-state index contributed by atoms with van der Waals surface area (Å²) in [5.74, 6) is -3.56. The third kappa shape index (κ3) is 4.98. The number of hydrogen-bond donors (Lipinski definition) is 1. The van der Waals surface area contributed by atoms with E-state index in [1.165, 1.54) is 0 Å². The minimum absolute atomic E-state index is 0.0347. The highest BCUT2D eigenvalue weighted by molar-refractivity contribution is 5.98. The Morgan fingerprint density at radius 3 is 2.59 bits per heavy atom. The number of halogens is 3. The smallest absolute Gasteiger partial charge is 0.274 e. The summed E-state index contributed by atoms with van der Waals surface area (Å²) in [5.41, 5.74) is 1.16. The predicted octanol–water partition coefficient (Wildman–Crippen LogP) is 4.30. The average Bonchev–Trinajstić information content (AvgIpc) is 3.05. The fourth-order valence-corrected chi connectivity index (χ4v) is 4.83. The number of carbonyl (C=O) groups is 2. The first-order valence-electron chi connectivity index (χ1n) is 12.1. The second kappa shape index (κ2) is 10.2. The highest BCUT2D eigenvalue weighted by Crippen LogP contribution is 2.36. The average molecular weight is 510 g/mol. The third-order valence-corrected chi connectivity index (χ3v) is 6.83. The van der Waals surface area contributed by atoms with Crippen molar-refractivity contribution in [3.05, 3.63) is 106 Å². The highest BCUT2D eigenvalue weighted by atomic mass is 19.1. The van der Waals surface area contributed by atoms with Crippen LogP contribution >= 0.6 is 0 Å². The van der Waals surface area contributed by atoms with Crippen LogP contribution in [0.3, 0.4) is 0 Å². The Hall–Kier alpha value is -4.01. The second-order valence-electron chi connectivity index (χ2n) is 9.33. The van der Waals surface area contributed by atoms with Crippen LogP contribution in [-0.4, -0.2) is 40.2 Å². The quantitative estimate of drug-likeness (QED) is 0.590. The van der Waals surface area contributed by atoms with Crippen LogP contribution in [0.2, 0.25) is 0 Å². The molecule has 1 N–H and O–H groups in total. The normalized spacial score (nSPS) is 20.9. The molecule has 0 aromatic heterocycles. The molecule has 192 valence electrons. The second-order valence-corrected chi connectivity index (χ2v) is 9.33. The zero-order valence-corrected chi connectivity index (χ0v) is 20.2. The van der Waals surface area contributed by atoms with Crippen LogP contribution in [0.5, 0.6) is 0 Å². The Morgan fingerprint density at radius 2 is 1.86 bits per heavy atom. The molecule has 3 heterocycles. The molecule has 3 aliphatic rings. The van der Waals surface area contributed by atoms with Crippen molar-refractivity contribution in [2.45, 2.75) is 45.0 Å². The summed E-state index contributed by atoms with van der Waals surface area (Å²) >= 11 is 0. The molecule has 0 unspecified atom stereocenters. The molecule has 2 aromatic rings. The number of rotatable bonds is 6. The van der Waals surface area contributed by atoms with Crippen molar-refractivity contribution < 1.29 is 27.5 Å². The number of hydrogen-bond acceptors (Lipinski definition) is 4. The summed E-state index contributed by atoms with van der Waals surface area (Å²) in [6.45, 7) is 2.20. The SMILES string of the molecule is C[C@H]1C=CC[C@H]2CN1C(=O)C1=C(OCc3ccccc3)CC(C(=O)NCc3c(F)cc(F)cc3F)=CN12. The van der Waals surface area contributed by atoms with Crippen molar-refractivity contribution in [1.29, 1.82) is 0 Å². The molecule has 37 heavy (non-hydrogen) atoms. The Kier molecular flexibility index (Phi) is 6.78. The highest BCUT2D eigenvalue weighted by Gasteiger charge is 2.42. The largest absolute Gasteiger partial charge is 0.491 e. The standard InChI is InChI=1S/C28H26F3N3O3/c1-17-6-5-9-21-15-33(17)28(36)26-25(37-16-18-7-3-2-4-8-18)10-19(14-34(21)26)27(35)32-13-22-23(30)11-20(29)12-24(22)31/h2-8,11-12,14,17,21H,9-10,13,15-16H2,1H3,(H,32,35)/t17-,21-/m0/s1. The van der Waals surface area contributed by atoms with E-state index in [2.05, 4.69) is 5.32 Å². The Morgan fingerprint density at radius 1 is 1.14 bits per heavy atom. The van der Waals surface area contributed by atoms with E-state index in [1.54, 1.807) is 16.0 Å². The molecule has 1 saturated heterocycles. The lowest BCUT2D eigenvalue weighted by atomic mass is 9.98. The molecule has 2 amide bonds. The summed E-state index contributed by atoms with van der Waals surface area (Å²) in [6.07, 6.45) is 6.35.